The number of nitrogens with one attached hydrogen (secondary N) is 1. The third-order valence-corrected chi connectivity index (χ3v) is 4.79. The molecular weight excluding hydrogens is 444 g/mol. The van der Waals surface area contributed by atoms with Gasteiger partial charge in [-0.05, 0) is 23.8 Å². The number of ether oxygens (including phenoxy) is 2. The molecule has 6 nitrogen and oxygen atoms in total. The van der Waals surface area contributed by atoms with Crippen molar-refractivity contribution in [1.82, 2.24) is 9.97 Å². The number of aliphatic hydroxyl groups excluding tert-OH is 1. The number of hydrogen-bond donors (Lipinski definition) is 2. The van der Waals surface area contributed by atoms with E-state index in [1.165, 1.54) is 0 Å². The molecule has 0 bridgehead atoms. The third-order valence-electron chi connectivity index (χ3n) is 4.79. The van der Waals surface area contributed by atoms with Crippen LogP contribution < -0.4 is 4.74 Å². The second-order valence-corrected chi connectivity index (χ2v) is 7.21. The predicted octanol–water partition coefficient (Wildman–Crippen LogP) is 4.32. The Bertz CT molecular complexity index is 1170. The number of nitrogens with zero attached hydrogens (tertiary/aromatic N) is 2. The fourth-order valence-electron chi connectivity index (χ4n) is 3.17. The molecule has 3 aromatic rings. The first-order valence-corrected chi connectivity index (χ1v) is 9.24. The maximum atomic E-state index is 14.6. The van der Waals surface area contributed by atoms with Gasteiger partial charge < -0.3 is 19.6 Å². The lowest BCUT2D eigenvalue weighted by Crippen LogP contribution is -2.42. The molecule has 0 amide bonds. The van der Waals surface area contributed by atoms with Gasteiger partial charge in [-0.25, -0.2) is 18.2 Å². The van der Waals surface area contributed by atoms with Crippen LogP contribution >= 0.6 is 0 Å². The van der Waals surface area contributed by atoms with Crippen molar-refractivity contribution < 1.29 is 40.9 Å². The van der Waals surface area contributed by atoms with Crippen LogP contribution in [0.25, 0.3) is 11.0 Å². The van der Waals surface area contributed by atoms with Crippen molar-refractivity contribution in [2.45, 2.75) is 18.3 Å². The van der Waals surface area contributed by atoms with Crippen molar-refractivity contribution in [1.29, 1.82) is 0 Å². The highest BCUT2D eigenvalue weighted by Crippen LogP contribution is 2.40. The SMILES string of the molecule is OC[C@@]1(F)CN=C(Cc2cc(F)c(Oc3ccnc4[nH]cc(C(F)(F)F)c34)c(F)c2)OC1. The number of aromatic amines is 1. The highest BCUT2D eigenvalue weighted by molar-refractivity contribution is 5.87. The van der Waals surface area contributed by atoms with E-state index in [0.717, 1.165) is 24.4 Å². The second-order valence-electron chi connectivity index (χ2n) is 7.21. The van der Waals surface area contributed by atoms with Crippen molar-refractivity contribution in [3.05, 3.63) is 53.4 Å². The molecule has 1 aromatic carbocycles. The maximum Gasteiger partial charge on any atom is 0.418 e. The Morgan fingerprint density at radius 2 is 1.94 bits per heavy atom. The first-order chi connectivity index (χ1) is 15.1. The molecule has 1 aliphatic rings. The Hall–Kier alpha value is -3.28. The third kappa shape index (κ3) is 4.22. The van der Waals surface area contributed by atoms with Crippen LogP contribution in [0, 0.1) is 11.6 Å². The van der Waals surface area contributed by atoms with Gasteiger partial charge in [0.05, 0.1) is 24.1 Å². The molecule has 170 valence electrons. The average molecular weight is 459 g/mol. The molecule has 0 unspecified atom stereocenters. The quantitative estimate of drug-likeness (QED) is 0.557. The number of rotatable bonds is 5. The van der Waals surface area contributed by atoms with Gasteiger partial charge in [0.1, 0.15) is 18.0 Å². The molecule has 0 spiro atoms. The minimum atomic E-state index is -4.74. The molecule has 0 aliphatic carbocycles. The van der Waals surface area contributed by atoms with Gasteiger partial charge in [-0.3, -0.25) is 4.99 Å². The summed E-state index contributed by atoms with van der Waals surface area (Å²) in [7, 11) is 0. The number of benzene rings is 1. The van der Waals surface area contributed by atoms with Crippen LogP contribution in [-0.2, 0) is 17.3 Å². The predicted molar refractivity (Wildman–Crippen MR) is 100 cm³/mol. The van der Waals surface area contributed by atoms with Crippen molar-refractivity contribution in [3.63, 3.8) is 0 Å². The maximum absolute atomic E-state index is 14.6. The molecule has 4 rings (SSSR count). The molecule has 0 radical (unpaired) electrons. The largest absolute Gasteiger partial charge is 0.477 e. The molecule has 1 atom stereocenters. The zero-order chi connectivity index (χ0) is 23.1. The summed E-state index contributed by atoms with van der Waals surface area (Å²) in [5, 5.41) is 8.49. The van der Waals surface area contributed by atoms with Gasteiger partial charge >= 0.3 is 6.18 Å². The summed E-state index contributed by atoms with van der Waals surface area (Å²) in [6.07, 6.45) is -3.08. The van der Waals surface area contributed by atoms with Gasteiger partial charge in [0.2, 0.25) is 0 Å². The van der Waals surface area contributed by atoms with Gasteiger partial charge in [-0.2, -0.15) is 13.2 Å². The van der Waals surface area contributed by atoms with Crippen LogP contribution in [0.1, 0.15) is 11.1 Å². The molecule has 12 heteroatoms. The van der Waals surface area contributed by atoms with Crippen molar-refractivity contribution >= 4 is 16.9 Å². The lowest BCUT2D eigenvalue weighted by atomic mass is 10.1. The summed E-state index contributed by atoms with van der Waals surface area (Å²) in [5.74, 6) is -3.64. The molecule has 2 N–H and O–H groups in total. The molecule has 0 saturated carbocycles. The topological polar surface area (TPSA) is 79.7 Å². The zero-order valence-corrected chi connectivity index (χ0v) is 16.1. The Morgan fingerprint density at radius 1 is 1.22 bits per heavy atom. The second kappa shape index (κ2) is 8.01. The fourth-order valence-corrected chi connectivity index (χ4v) is 3.17. The number of H-pyrrole nitrogens is 1. The first kappa shape index (κ1) is 21.9. The van der Waals surface area contributed by atoms with E-state index in [0.29, 0.717) is 6.20 Å². The van der Waals surface area contributed by atoms with Crippen LogP contribution in [0.5, 0.6) is 11.5 Å². The summed E-state index contributed by atoms with van der Waals surface area (Å²) in [6, 6.07) is 2.88. The monoisotopic (exact) mass is 459 g/mol. The van der Waals surface area contributed by atoms with Crippen molar-refractivity contribution in [2.75, 3.05) is 19.8 Å². The Kier molecular flexibility index (Phi) is 5.49. The van der Waals surface area contributed by atoms with E-state index in [4.69, 9.17) is 14.6 Å². The lowest BCUT2D eigenvalue weighted by Gasteiger charge is -2.26. The van der Waals surface area contributed by atoms with E-state index >= 15 is 0 Å². The Morgan fingerprint density at radius 3 is 2.53 bits per heavy atom. The minimum absolute atomic E-state index is 0.0252. The van der Waals surface area contributed by atoms with Crippen molar-refractivity contribution in [2.24, 2.45) is 4.99 Å². The summed E-state index contributed by atoms with van der Waals surface area (Å²) >= 11 is 0. The average Bonchev–Trinajstić information content (AvgIpc) is 3.18. The highest BCUT2D eigenvalue weighted by atomic mass is 19.4. The molecule has 2 aromatic heterocycles. The molecular formula is C20H15F6N3O3. The number of halogens is 6. The summed E-state index contributed by atoms with van der Waals surface area (Å²) < 4.78 is 93.2. The van der Waals surface area contributed by atoms with E-state index in [9.17, 15) is 26.3 Å². The Balaban J connectivity index is 1.61. The number of pyridine rings is 1. The molecule has 0 fully saturated rings. The highest BCUT2D eigenvalue weighted by Gasteiger charge is 2.36. The van der Waals surface area contributed by atoms with Crippen molar-refractivity contribution in [3.8, 4) is 11.5 Å². The standard InChI is InChI=1S/C20H15F6N3O3/c21-12-3-10(5-15-29-7-19(23,8-30)9-31-15)4-13(22)17(12)32-14-1-2-27-18-16(14)11(6-28-18)20(24,25)26/h1-4,6,30H,5,7-9H2,(H,27,28)/t19-/m0/s1. The fraction of sp³-hybridized carbons (Fsp3) is 0.300. The number of aromatic nitrogens is 2. The number of hydrogen-bond acceptors (Lipinski definition) is 5. The molecule has 0 saturated heterocycles. The summed E-state index contributed by atoms with van der Waals surface area (Å²) in [6.45, 7) is -1.59. The molecule has 1 aliphatic heterocycles. The van der Waals surface area contributed by atoms with Gasteiger partial charge in [0, 0.05) is 18.8 Å². The van der Waals surface area contributed by atoms with Gasteiger partial charge in [-0.15, -0.1) is 0 Å². The zero-order valence-electron chi connectivity index (χ0n) is 16.1. The van der Waals surface area contributed by atoms with E-state index in [2.05, 4.69) is 15.0 Å². The lowest BCUT2D eigenvalue weighted by molar-refractivity contribution is -0.136. The summed E-state index contributed by atoms with van der Waals surface area (Å²) in [5.41, 5.74) is -3.18. The first-order valence-electron chi connectivity index (χ1n) is 9.24. The molecule has 32 heavy (non-hydrogen) atoms. The number of fused-ring (bicyclic) bond motifs is 1. The number of aliphatic hydroxyl groups is 1. The van der Waals surface area contributed by atoms with E-state index < -0.39 is 59.1 Å². The van der Waals surface area contributed by atoms with Crippen LogP contribution in [0.15, 0.2) is 35.6 Å². The summed E-state index contributed by atoms with van der Waals surface area (Å²) in [4.78, 5) is 9.94. The minimum Gasteiger partial charge on any atom is -0.477 e. The smallest absolute Gasteiger partial charge is 0.418 e. The van der Waals surface area contributed by atoms with Crippen LogP contribution in [-0.4, -0.2) is 46.4 Å². The van der Waals surface area contributed by atoms with Crippen LogP contribution in [0.4, 0.5) is 26.3 Å². The normalized spacial score (nSPS) is 19.0. The van der Waals surface area contributed by atoms with Gasteiger partial charge in [0.15, 0.2) is 29.0 Å². The van der Waals surface area contributed by atoms with Crippen LogP contribution in [0.2, 0.25) is 0 Å². The van der Waals surface area contributed by atoms with E-state index in [1.54, 1.807) is 0 Å². The van der Waals surface area contributed by atoms with Crippen LogP contribution in [0.3, 0.4) is 0 Å². The molecule has 3 heterocycles. The van der Waals surface area contributed by atoms with Gasteiger partial charge in [-0.1, -0.05) is 0 Å². The van der Waals surface area contributed by atoms with E-state index in [-0.39, 0.29) is 30.1 Å². The number of alkyl halides is 4. The van der Waals surface area contributed by atoms with Gasteiger partial charge in [0.25, 0.3) is 0 Å². The van der Waals surface area contributed by atoms with E-state index in [1.807, 2.05) is 0 Å². The number of aliphatic imine (C=N–C) groups is 1. The Labute approximate surface area is 176 Å².